The van der Waals surface area contributed by atoms with Crippen LogP contribution in [0.1, 0.15) is 12.8 Å². The highest BCUT2D eigenvalue weighted by Gasteiger charge is 2.36. The lowest BCUT2D eigenvalue weighted by molar-refractivity contribution is -0.142. The second-order valence-corrected chi connectivity index (χ2v) is 8.33. The van der Waals surface area contributed by atoms with Crippen molar-refractivity contribution in [3.8, 4) is 11.4 Å². The fraction of sp³-hybridized carbons (Fsp3) is 0.476. The van der Waals surface area contributed by atoms with E-state index in [9.17, 15) is 18.0 Å². The van der Waals surface area contributed by atoms with Gasteiger partial charge in [0.05, 0.1) is 18.8 Å². The first-order valence-corrected chi connectivity index (χ1v) is 11.0. The Morgan fingerprint density at radius 1 is 1.17 bits per heavy atom. The Bertz CT molecular complexity index is 1210. The number of fused-ring (bicyclic) bond motifs is 3. The highest BCUT2D eigenvalue weighted by molar-refractivity contribution is 5.86. The number of aromatic nitrogens is 5. The van der Waals surface area contributed by atoms with E-state index >= 15 is 0 Å². The minimum atomic E-state index is -4.50. The van der Waals surface area contributed by atoms with Crippen molar-refractivity contribution in [1.82, 2.24) is 25.0 Å². The summed E-state index contributed by atoms with van der Waals surface area (Å²) in [5.41, 5.74) is 1.13. The van der Waals surface area contributed by atoms with Crippen molar-refractivity contribution in [1.29, 1.82) is 0 Å². The lowest BCUT2D eigenvalue weighted by Crippen LogP contribution is -2.43. The number of anilines is 2. The van der Waals surface area contributed by atoms with Crippen LogP contribution in [0.2, 0.25) is 0 Å². The van der Waals surface area contributed by atoms with Gasteiger partial charge in [-0.05, 0) is 37.1 Å². The zero-order valence-electron chi connectivity index (χ0n) is 18.4. The minimum absolute atomic E-state index is 0.0176. The van der Waals surface area contributed by atoms with Gasteiger partial charge in [-0.15, -0.1) is 5.10 Å². The maximum Gasteiger partial charge on any atom is 0.411 e. The Morgan fingerprint density at radius 3 is 2.54 bits per heavy atom. The fourth-order valence-corrected chi connectivity index (χ4v) is 4.25. The first-order valence-electron chi connectivity index (χ1n) is 11.0. The monoisotopic (exact) mass is 493 g/mol. The second kappa shape index (κ2) is 9.26. The smallest absolute Gasteiger partial charge is 0.411 e. The Morgan fingerprint density at radius 2 is 1.89 bits per heavy atom. The Balaban J connectivity index is 1.50. The summed E-state index contributed by atoms with van der Waals surface area (Å²) in [6, 6.07) is 6.44. The first-order chi connectivity index (χ1) is 16.8. The van der Waals surface area contributed by atoms with Crippen LogP contribution in [0.5, 0.6) is 0 Å². The number of amides is 1. The van der Waals surface area contributed by atoms with E-state index in [1.54, 1.807) is 24.3 Å². The van der Waals surface area contributed by atoms with E-state index in [0.29, 0.717) is 30.2 Å². The average molecular weight is 493 g/mol. The maximum absolute atomic E-state index is 13.1. The van der Waals surface area contributed by atoms with E-state index in [1.165, 1.54) is 0 Å². The molecule has 2 saturated heterocycles. The van der Waals surface area contributed by atoms with Gasteiger partial charge in [-0.25, -0.2) is 19.4 Å². The lowest BCUT2D eigenvalue weighted by Gasteiger charge is -2.33. The summed E-state index contributed by atoms with van der Waals surface area (Å²) in [5, 5.41) is 18.9. The molecular formula is C21H22F3N7O4. The molecule has 1 amide bonds. The molecule has 0 radical (unpaired) electrons. The third kappa shape index (κ3) is 5.12. The number of carbonyl (C=O) groups is 1. The predicted molar refractivity (Wildman–Crippen MR) is 117 cm³/mol. The highest BCUT2D eigenvalue weighted by atomic mass is 19.4. The molecule has 0 saturated carbocycles. The van der Waals surface area contributed by atoms with E-state index < -0.39 is 18.8 Å². The lowest BCUT2D eigenvalue weighted by atomic mass is 10.2. The van der Waals surface area contributed by atoms with Crippen molar-refractivity contribution >= 4 is 28.8 Å². The molecule has 0 aliphatic carbocycles. The van der Waals surface area contributed by atoms with Gasteiger partial charge in [0, 0.05) is 24.3 Å². The van der Waals surface area contributed by atoms with Gasteiger partial charge in [0.25, 0.3) is 0 Å². The molecule has 3 aromatic rings. The molecule has 2 aliphatic rings. The second-order valence-electron chi connectivity index (χ2n) is 8.33. The van der Waals surface area contributed by atoms with Crippen molar-refractivity contribution in [2.45, 2.75) is 37.8 Å². The number of aliphatic hydroxyl groups excluding tert-OH is 1. The van der Waals surface area contributed by atoms with E-state index in [4.69, 9.17) is 14.6 Å². The van der Waals surface area contributed by atoms with Crippen LogP contribution in [0.25, 0.3) is 22.6 Å². The minimum Gasteiger partial charge on any atom is -0.447 e. The molecule has 0 spiro atoms. The fourth-order valence-electron chi connectivity index (χ4n) is 4.25. The maximum atomic E-state index is 13.1. The van der Waals surface area contributed by atoms with Gasteiger partial charge in [-0.2, -0.15) is 13.2 Å². The van der Waals surface area contributed by atoms with Gasteiger partial charge in [-0.3, -0.25) is 5.32 Å². The van der Waals surface area contributed by atoms with Gasteiger partial charge in [0.1, 0.15) is 13.2 Å². The van der Waals surface area contributed by atoms with E-state index in [1.807, 2.05) is 4.90 Å². The molecular weight excluding hydrogens is 471 g/mol. The highest BCUT2D eigenvalue weighted by Crippen LogP contribution is 2.33. The number of alkyl halides is 3. The zero-order chi connectivity index (χ0) is 24.6. The summed E-state index contributed by atoms with van der Waals surface area (Å²) in [6.45, 7) is -0.658. The summed E-state index contributed by atoms with van der Waals surface area (Å²) in [6.07, 6.45) is -3.33. The number of benzene rings is 1. The van der Waals surface area contributed by atoms with Gasteiger partial charge in [0.2, 0.25) is 0 Å². The standard InChI is InChI=1S/C21H22F3N7O4/c22-21(23,24)11-31-19-16(28-29-31)18(30-9-14-5-6-15(10-30)35-14)26-17(27-19)12-1-3-13(4-2-12)25-20(33)34-8-7-32/h1-4,14-15,32H,5-11H2,(H,25,33). The molecule has 1 aromatic carbocycles. The number of aliphatic hydroxyl groups is 1. The number of morpholine rings is 1. The normalized spacial score (nSPS) is 19.8. The largest absolute Gasteiger partial charge is 0.447 e. The van der Waals surface area contributed by atoms with E-state index in [-0.39, 0.29) is 42.4 Å². The molecule has 2 aliphatic heterocycles. The summed E-state index contributed by atoms with van der Waals surface area (Å²) in [5.74, 6) is 0.611. The number of carbonyl (C=O) groups excluding carboxylic acids is 1. The third-order valence-corrected chi connectivity index (χ3v) is 5.73. The average Bonchev–Trinajstić information content (AvgIpc) is 3.38. The molecule has 2 bridgehead atoms. The van der Waals surface area contributed by atoms with Gasteiger partial charge < -0.3 is 19.5 Å². The Kier molecular flexibility index (Phi) is 6.15. The van der Waals surface area contributed by atoms with E-state index in [0.717, 1.165) is 17.5 Å². The molecule has 2 N–H and O–H groups in total. The Hall–Kier alpha value is -3.52. The molecule has 2 fully saturated rings. The van der Waals surface area contributed by atoms with Crippen LogP contribution in [0.3, 0.4) is 0 Å². The number of rotatable bonds is 6. The van der Waals surface area contributed by atoms with Crippen LogP contribution in [-0.4, -0.2) is 80.8 Å². The van der Waals surface area contributed by atoms with Crippen LogP contribution in [0.4, 0.5) is 29.5 Å². The summed E-state index contributed by atoms with van der Waals surface area (Å²) < 4.78 is 50.8. The SMILES string of the molecule is O=C(Nc1ccc(-c2nc(N3CC4CCC(C3)O4)c3nnn(CC(F)(F)F)c3n2)cc1)OCCO. The van der Waals surface area contributed by atoms with Gasteiger partial charge in [-0.1, -0.05) is 5.21 Å². The molecule has 5 rings (SSSR count). The summed E-state index contributed by atoms with van der Waals surface area (Å²) in [7, 11) is 0. The van der Waals surface area contributed by atoms with Crippen LogP contribution in [0.15, 0.2) is 24.3 Å². The molecule has 186 valence electrons. The molecule has 2 unspecified atom stereocenters. The predicted octanol–water partition coefficient (Wildman–Crippen LogP) is 2.36. The molecule has 35 heavy (non-hydrogen) atoms. The van der Waals surface area contributed by atoms with Crippen LogP contribution in [0, 0.1) is 0 Å². The third-order valence-electron chi connectivity index (χ3n) is 5.73. The van der Waals surface area contributed by atoms with Crippen molar-refractivity contribution in [2.24, 2.45) is 0 Å². The summed E-state index contributed by atoms with van der Waals surface area (Å²) >= 11 is 0. The van der Waals surface area contributed by atoms with E-state index in [2.05, 4.69) is 25.6 Å². The summed E-state index contributed by atoms with van der Waals surface area (Å²) in [4.78, 5) is 22.7. The quantitative estimate of drug-likeness (QED) is 0.532. The van der Waals surface area contributed by atoms with Crippen LogP contribution in [-0.2, 0) is 16.0 Å². The van der Waals surface area contributed by atoms with Gasteiger partial charge >= 0.3 is 12.3 Å². The Labute approximate surface area is 196 Å². The van der Waals surface area contributed by atoms with Gasteiger partial charge in [0.15, 0.2) is 22.8 Å². The van der Waals surface area contributed by atoms with Crippen LogP contribution >= 0.6 is 0 Å². The number of nitrogens with one attached hydrogen (secondary N) is 1. The zero-order valence-corrected chi connectivity index (χ0v) is 18.4. The van der Waals surface area contributed by atoms with Crippen molar-refractivity contribution < 1.29 is 32.5 Å². The first kappa shape index (κ1) is 23.2. The number of halogens is 3. The van der Waals surface area contributed by atoms with Crippen molar-refractivity contribution in [3.05, 3.63) is 24.3 Å². The topological polar surface area (TPSA) is 128 Å². The molecule has 2 aromatic heterocycles. The number of hydrogen-bond acceptors (Lipinski definition) is 9. The number of hydrogen-bond donors (Lipinski definition) is 2. The molecule has 14 heteroatoms. The van der Waals surface area contributed by atoms with Crippen molar-refractivity contribution in [2.75, 3.05) is 36.5 Å². The van der Waals surface area contributed by atoms with Crippen molar-refractivity contribution in [3.63, 3.8) is 0 Å². The molecule has 11 nitrogen and oxygen atoms in total. The molecule has 2 atom stereocenters. The molecule has 4 heterocycles. The van der Waals surface area contributed by atoms with Crippen LogP contribution < -0.4 is 10.2 Å². The number of ether oxygens (including phenoxy) is 2. The number of nitrogens with zero attached hydrogens (tertiary/aromatic N) is 6.